The smallest absolute Gasteiger partial charge is 0.254 e. The number of morpholine rings is 1. The Morgan fingerprint density at radius 2 is 1.66 bits per heavy atom. The number of nitrogens with one attached hydrogen (secondary N) is 2. The molecular weight excluding hydrogens is 444 g/mol. The zero-order valence-corrected chi connectivity index (χ0v) is 18.9. The minimum Gasteiger partial charge on any atom is -0.378 e. The van der Waals surface area contributed by atoms with Gasteiger partial charge in [-0.15, -0.1) is 0 Å². The number of aromatic nitrogens is 2. The lowest BCUT2D eigenvalue weighted by molar-refractivity contribution is 0.0303. The number of carbonyl (C=O) groups is 2. The molecule has 2 amide bonds. The summed E-state index contributed by atoms with van der Waals surface area (Å²) in [6.45, 7) is 2.24. The molecule has 4 aromatic rings. The first-order chi connectivity index (χ1) is 17.1. The van der Waals surface area contributed by atoms with Crippen molar-refractivity contribution in [3.05, 3.63) is 83.9 Å². The van der Waals surface area contributed by atoms with Crippen molar-refractivity contribution < 1.29 is 14.3 Å². The van der Waals surface area contributed by atoms with Crippen LogP contribution in [0.25, 0.3) is 10.9 Å². The molecule has 1 aromatic heterocycles. The Morgan fingerprint density at radius 1 is 0.886 bits per heavy atom. The van der Waals surface area contributed by atoms with Gasteiger partial charge in [0.25, 0.3) is 11.8 Å². The van der Waals surface area contributed by atoms with Crippen molar-refractivity contribution in [1.29, 1.82) is 0 Å². The number of amides is 2. The number of primary amides is 1. The summed E-state index contributed by atoms with van der Waals surface area (Å²) < 4.78 is 5.34. The molecule has 2 heterocycles. The number of para-hydroxylation sites is 2. The summed E-state index contributed by atoms with van der Waals surface area (Å²) in [4.78, 5) is 35.8. The summed E-state index contributed by atoms with van der Waals surface area (Å²) in [7, 11) is 0. The van der Waals surface area contributed by atoms with Gasteiger partial charge in [0.2, 0.25) is 5.95 Å². The van der Waals surface area contributed by atoms with Gasteiger partial charge in [-0.05, 0) is 42.5 Å². The second kappa shape index (κ2) is 9.78. The highest BCUT2D eigenvalue weighted by atomic mass is 16.5. The Kier molecular flexibility index (Phi) is 6.23. The highest BCUT2D eigenvalue weighted by Gasteiger charge is 2.19. The molecule has 3 aromatic carbocycles. The van der Waals surface area contributed by atoms with Gasteiger partial charge in [0, 0.05) is 29.7 Å². The lowest BCUT2D eigenvalue weighted by atomic mass is 10.1. The number of nitrogens with two attached hydrogens (primary N) is 1. The van der Waals surface area contributed by atoms with Gasteiger partial charge < -0.3 is 26.0 Å². The van der Waals surface area contributed by atoms with E-state index in [1.807, 2.05) is 42.5 Å². The van der Waals surface area contributed by atoms with Crippen LogP contribution in [0.2, 0.25) is 0 Å². The predicted octanol–water partition coefficient (Wildman–Crippen LogP) is 3.69. The number of ether oxygens (including phenoxy) is 1. The van der Waals surface area contributed by atoms with Gasteiger partial charge in [-0.2, -0.15) is 4.98 Å². The molecule has 0 atom stereocenters. The Hall–Kier alpha value is -4.50. The van der Waals surface area contributed by atoms with Crippen molar-refractivity contribution in [2.75, 3.05) is 36.9 Å². The zero-order chi connectivity index (χ0) is 24.2. The van der Waals surface area contributed by atoms with Crippen molar-refractivity contribution in [1.82, 2.24) is 14.9 Å². The third kappa shape index (κ3) is 4.90. The fraction of sp³-hybridized carbons (Fsp3) is 0.154. The average Bonchev–Trinajstić information content (AvgIpc) is 2.89. The van der Waals surface area contributed by atoms with Crippen molar-refractivity contribution in [2.45, 2.75) is 0 Å². The summed E-state index contributed by atoms with van der Waals surface area (Å²) in [6.07, 6.45) is 0. The van der Waals surface area contributed by atoms with Crippen molar-refractivity contribution in [2.24, 2.45) is 5.73 Å². The van der Waals surface area contributed by atoms with Crippen LogP contribution < -0.4 is 16.4 Å². The Bertz CT molecular complexity index is 1400. The Morgan fingerprint density at radius 3 is 2.49 bits per heavy atom. The summed E-state index contributed by atoms with van der Waals surface area (Å²) in [5, 5.41) is 7.23. The molecule has 9 heteroatoms. The van der Waals surface area contributed by atoms with E-state index >= 15 is 0 Å². The molecule has 1 aliphatic heterocycles. The number of hydrogen-bond donors (Lipinski definition) is 3. The zero-order valence-electron chi connectivity index (χ0n) is 18.9. The normalized spacial score (nSPS) is 13.4. The van der Waals surface area contributed by atoms with Crippen LogP contribution in [0.3, 0.4) is 0 Å². The standard InChI is InChI=1S/C26H24N6O3/c27-23(33)19-8-1-3-10-21(19)29-24-20-9-2-4-11-22(20)30-26(31-24)28-18-7-5-6-17(16-18)25(34)32-12-14-35-15-13-32/h1-11,16H,12-15H2,(H2,27,33)(H2,28,29,30,31). The number of fused-ring (bicyclic) bond motifs is 1. The fourth-order valence-electron chi connectivity index (χ4n) is 3.97. The fourth-order valence-corrected chi connectivity index (χ4v) is 3.97. The maximum absolute atomic E-state index is 12.9. The molecule has 0 saturated carbocycles. The molecular formula is C26H24N6O3. The molecule has 176 valence electrons. The molecule has 1 saturated heterocycles. The average molecular weight is 469 g/mol. The third-order valence-corrected chi connectivity index (χ3v) is 5.71. The van der Waals surface area contributed by atoms with E-state index in [4.69, 9.17) is 10.5 Å². The minimum atomic E-state index is -0.536. The summed E-state index contributed by atoms with van der Waals surface area (Å²) in [6, 6.07) is 21.8. The van der Waals surface area contributed by atoms with E-state index in [1.165, 1.54) is 0 Å². The predicted molar refractivity (Wildman–Crippen MR) is 134 cm³/mol. The molecule has 0 bridgehead atoms. The highest BCUT2D eigenvalue weighted by molar-refractivity contribution is 6.01. The van der Waals surface area contributed by atoms with Gasteiger partial charge in [0.05, 0.1) is 30.0 Å². The van der Waals surface area contributed by atoms with E-state index in [0.717, 1.165) is 5.39 Å². The number of carbonyl (C=O) groups excluding carboxylic acids is 2. The molecule has 5 rings (SSSR count). The SMILES string of the molecule is NC(=O)c1ccccc1Nc1nc(Nc2cccc(C(=O)N3CCOCC3)c2)nc2ccccc12. The van der Waals surface area contributed by atoms with Crippen molar-refractivity contribution in [3.8, 4) is 0 Å². The first kappa shape index (κ1) is 22.3. The maximum atomic E-state index is 12.9. The summed E-state index contributed by atoms with van der Waals surface area (Å²) in [5.41, 5.74) is 8.42. The lowest BCUT2D eigenvalue weighted by Crippen LogP contribution is -2.40. The topological polar surface area (TPSA) is 122 Å². The van der Waals surface area contributed by atoms with E-state index in [-0.39, 0.29) is 5.91 Å². The monoisotopic (exact) mass is 468 g/mol. The number of hydrogen-bond acceptors (Lipinski definition) is 7. The molecule has 0 unspecified atom stereocenters. The largest absolute Gasteiger partial charge is 0.378 e. The van der Waals surface area contributed by atoms with E-state index < -0.39 is 5.91 Å². The first-order valence-electron chi connectivity index (χ1n) is 11.3. The third-order valence-electron chi connectivity index (χ3n) is 5.71. The Balaban J connectivity index is 1.46. The van der Waals surface area contributed by atoms with Crippen LogP contribution in [-0.4, -0.2) is 53.0 Å². The second-order valence-electron chi connectivity index (χ2n) is 8.06. The van der Waals surface area contributed by atoms with Crippen LogP contribution in [0.5, 0.6) is 0 Å². The number of anilines is 4. The number of benzene rings is 3. The van der Waals surface area contributed by atoms with Crippen molar-refractivity contribution in [3.63, 3.8) is 0 Å². The van der Waals surface area contributed by atoms with Gasteiger partial charge in [0.15, 0.2) is 0 Å². The molecule has 0 spiro atoms. The van der Waals surface area contributed by atoms with Crippen molar-refractivity contribution >= 4 is 45.9 Å². The van der Waals surface area contributed by atoms with E-state index in [2.05, 4.69) is 20.6 Å². The molecule has 1 aliphatic rings. The molecule has 9 nitrogen and oxygen atoms in total. The lowest BCUT2D eigenvalue weighted by Gasteiger charge is -2.27. The van der Waals surface area contributed by atoms with Crippen LogP contribution in [0, 0.1) is 0 Å². The van der Waals surface area contributed by atoms with Gasteiger partial charge in [-0.1, -0.05) is 30.3 Å². The van der Waals surface area contributed by atoms with Gasteiger partial charge >= 0.3 is 0 Å². The van der Waals surface area contributed by atoms with Gasteiger partial charge in [0.1, 0.15) is 5.82 Å². The number of rotatable bonds is 6. The summed E-state index contributed by atoms with van der Waals surface area (Å²) >= 11 is 0. The van der Waals surface area contributed by atoms with E-state index in [1.54, 1.807) is 35.2 Å². The molecule has 0 radical (unpaired) electrons. The highest BCUT2D eigenvalue weighted by Crippen LogP contribution is 2.28. The van der Waals surface area contributed by atoms with Crippen LogP contribution in [-0.2, 0) is 4.74 Å². The van der Waals surface area contributed by atoms with E-state index in [0.29, 0.717) is 66.1 Å². The van der Waals surface area contributed by atoms with Crippen LogP contribution in [0.15, 0.2) is 72.8 Å². The Labute approximate surface area is 201 Å². The van der Waals surface area contributed by atoms with Gasteiger partial charge in [-0.3, -0.25) is 9.59 Å². The van der Waals surface area contributed by atoms with Crippen LogP contribution in [0.4, 0.5) is 23.1 Å². The molecule has 35 heavy (non-hydrogen) atoms. The first-order valence-corrected chi connectivity index (χ1v) is 11.3. The second-order valence-corrected chi connectivity index (χ2v) is 8.06. The minimum absolute atomic E-state index is 0.0400. The molecule has 1 fully saturated rings. The number of nitrogens with zero attached hydrogens (tertiary/aromatic N) is 3. The van der Waals surface area contributed by atoms with E-state index in [9.17, 15) is 9.59 Å². The van der Waals surface area contributed by atoms with Gasteiger partial charge in [-0.25, -0.2) is 4.98 Å². The van der Waals surface area contributed by atoms with Crippen LogP contribution in [0.1, 0.15) is 20.7 Å². The summed E-state index contributed by atoms with van der Waals surface area (Å²) in [5.74, 6) is 0.291. The van der Waals surface area contributed by atoms with Crippen LogP contribution >= 0.6 is 0 Å². The quantitative estimate of drug-likeness (QED) is 0.394. The maximum Gasteiger partial charge on any atom is 0.254 e. The molecule has 4 N–H and O–H groups in total. The molecule has 0 aliphatic carbocycles.